The Morgan fingerprint density at radius 2 is 1.68 bits per heavy atom. The number of carbonyl (C=O) groups excluding carboxylic acids is 3. The Labute approximate surface area is 257 Å². The van der Waals surface area contributed by atoms with E-state index in [0.29, 0.717) is 30.0 Å². The molecule has 0 radical (unpaired) electrons. The molecule has 3 amide bonds. The number of nitrogens with one attached hydrogen (secondary N) is 2. The second kappa shape index (κ2) is 11.7. The lowest BCUT2D eigenvalue weighted by Crippen LogP contribution is -2.56. The van der Waals surface area contributed by atoms with Crippen LogP contribution in [0.1, 0.15) is 44.4 Å². The number of hydrogen-bond donors (Lipinski definition) is 3. The van der Waals surface area contributed by atoms with Crippen molar-refractivity contribution in [1.29, 1.82) is 0 Å². The van der Waals surface area contributed by atoms with Gasteiger partial charge in [0, 0.05) is 12.2 Å². The fourth-order valence-electron chi connectivity index (χ4n) is 7.64. The zero-order valence-electron chi connectivity index (χ0n) is 25.2. The highest BCUT2D eigenvalue weighted by molar-refractivity contribution is 6.02. The third-order valence-electron chi connectivity index (χ3n) is 9.72. The highest BCUT2D eigenvalue weighted by atomic mass is 16.5. The predicted molar refractivity (Wildman–Crippen MR) is 164 cm³/mol. The Hall–Kier alpha value is -4.21. The number of fused-ring (bicyclic) bond motifs is 1. The number of anilines is 1. The van der Waals surface area contributed by atoms with Crippen LogP contribution in [-0.4, -0.2) is 58.2 Å². The monoisotopic (exact) mass is 597 g/mol. The van der Waals surface area contributed by atoms with Crippen molar-refractivity contribution in [2.24, 2.45) is 17.8 Å². The Morgan fingerprint density at radius 1 is 1.02 bits per heavy atom. The molecule has 3 aromatic rings. The van der Waals surface area contributed by atoms with Gasteiger partial charge in [-0.15, -0.1) is 0 Å². The lowest BCUT2D eigenvalue weighted by molar-refractivity contribution is -0.150. The van der Waals surface area contributed by atoms with E-state index < -0.39 is 41.7 Å². The van der Waals surface area contributed by atoms with Crippen molar-refractivity contribution in [2.45, 2.75) is 57.0 Å². The van der Waals surface area contributed by atoms with Gasteiger partial charge in [0.1, 0.15) is 17.4 Å². The summed E-state index contributed by atoms with van der Waals surface area (Å²) in [5.41, 5.74) is -0.0265. The van der Waals surface area contributed by atoms with E-state index in [1.54, 1.807) is 24.3 Å². The van der Waals surface area contributed by atoms with Crippen molar-refractivity contribution in [3.8, 4) is 5.75 Å². The average molecular weight is 598 g/mol. The van der Waals surface area contributed by atoms with Crippen LogP contribution in [0.15, 0.2) is 84.9 Å². The molecule has 3 unspecified atom stereocenters. The fourth-order valence-corrected chi connectivity index (χ4v) is 7.64. The summed E-state index contributed by atoms with van der Waals surface area (Å²) >= 11 is 0. The van der Waals surface area contributed by atoms with Gasteiger partial charge in [-0.1, -0.05) is 67.6 Å². The number of likely N-dealkylation sites (tertiary alicyclic amines) is 1. The maximum Gasteiger partial charge on any atom is 0.246 e. The number of aliphatic hydroxyl groups excluding tert-OH is 1. The molecule has 6 rings (SSSR count). The summed E-state index contributed by atoms with van der Waals surface area (Å²) in [6, 6.07) is 24.0. The minimum Gasteiger partial charge on any atom is -0.494 e. The fraction of sp³-hybridized carbons (Fsp3) is 0.400. The number of benzene rings is 3. The van der Waals surface area contributed by atoms with Gasteiger partial charge < -0.3 is 30.1 Å². The van der Waals surface area contributed by atoms with E-state index in [1.165, 1.54) is 4.90 Å². The van der Waals surface area contributed by atoms with Crippen molar-refractivity contribution < 1.29 is 29.0 Å². The first-order chi connectivity index (χ1) is 21.2. The zero-order valence-corrected chi connectivity index (χ0v) is 25.2. The lowest BCUT2D eigenvalue weighted by atomic mass is 9.62. The molecule has 2 bridgehead atoms. The van der Waals surface area contributed by atoms with E-state index in [1.807, 2.05) is 81.4 Å². The summed E-state index contributed by atoms with van der Waals surface area (Å²) in [6.07, 6.45) is 0.430. The molecule has 3 aliphatic rings. The van der Waals surface area contributed by atoms with Crippen molar-refractivity contribution >= 4 is 23.4 Å². The van der Waals surface area contributed by atoms with Crippen LogP contribution in [0, 0.1) is 17.8 Å². The smallest absolute Gasteiger partial charge is 0.246 e. The number of rotatable bonds is 10. The second-order valence-electron chi connectivity index (χ2n) is 12.2. The van der Waals surface area contributed by atoms with Gasteiger partial charge in [0.2, 0.25) is 17.7 Å². The quantitative estimate of drug-likeness (QED) is 0.324. The second-order valence-corrected chi connectivity index (χ2v) is 12.2. The van der Waals surface area contributed by atoms with E-state index in [2.05, 4.69) is 10.6 Å². The third kappa shape index (κ3) is 4.84. The molecular formula is C35H39N3O6. The highest BCUT2D eigenvalue weighted by Crippen LogP contribution is 2.66. The molecule has 3 aromatic carbocycles. The molecular weight excluding hydrogens is 558 g/mol. The molecule has 0 aliphatic carbocycles. The molecule has 9 heteroatoms. The summed E-state index contributed by atoms with van der Waals surface area (Å²) < 4.78 is 12.4. The first-order valence-corrected chi connectivity index (χ1v) is 15.3. The third-order valence-corrected chi connectivity index (χ3v) is 9.72. The van der Waals surface area contributed by atoms with E-state index in [9.17, 15) is 19.5 Å². The normalized spacial score (nSPS) is 29.3. The topological polar surface area (TPSA) is 117 Å². The molecule has 44 heavy (non-hydrogen) atoms. The van der Waals surface area contributed by atoms with E-state index in [4.69, 9.17) is 9.47 Å². The summed E-state index contributed by atoms with van der Waals surface area (Å²) in [5, 5.41) is 16.7. The number of amides is 3. The summed E-state index contributed by atoms with van der Waals surface area (Å²) in [5.74, 6) is -2.26. The van der Waals surface area contributed by atoms with E-state index in [0.717, 1.165) is 5.56 Å². The van der Waals surface area contributed by atoms with E-state index in [-0.39, 0.29) is 30.2 Å². The molecule has 7 atom stereocenters. The standard InChI is InChI=1S/C35H39N3O6/c1-4-43-26-17-15-25(16-18-26)37-31(40)28-29-33(42)38(27(21-39)24-13-9-6-10-14-24)30(35(29)19-22(2)34(28,3)44-35)32(41)36-20-23-11-7-5-8-12-23/h5-18,22,27-30,39H,4,19-21H2,1-3H3,(H,36,41)(H,37,40)/t22?,27-,28-,29+,30?,34+,35?/m1/s1. The van der Waals surface area contributed by atoms with Crippen LogP contribution >= 0.6 is 0 Å². The van der Waals surface area contributed by atoms with Crippen molar-refractivity contribution in [3.63, 3.8) is 0 Å². The number of hydrogen-bond acceptors (Lipinski definition) is 6. The summed E-state index contributed by atoms with van der Waals surface area (Å²) in [7, 11) is 0. The highest BCUT2D eigenvalue weighted by Gasteiger charge is 2.80. The van der Waals surface area contributed by atoms with Crippen molar-refractivity contribution in [3.05, 3.63) is 96.1 Å². The van der Waals surface area contributed by atoms with Crippen LogP contribution in [0.5, 0.6) is 5.75 Å². The number of carbonyl (C=O) groups is 3. The van der Waals surface area contributed by atoms with Gasteiger partial charge in [0.05, 0.1) is 36.7 Å². The first-order valence-electron chi connectivity index (χ1n) is 15.3. The molecule has 3 aliphatic heterocycles. The molecule has 3 heterocycles. The van der Waals surface area contributed by atoms with Gasteiger partial charge in [0.25, 0.3) is 0 Å². The van der Waals surface area contributed by atoms with Crippen molar-refractivity contribution in [1.82, 2.24) is 10.2 Å². The van der Waals surface area contributed by atoms with Crippen LogP contribution in [0.25, 0.3) is 0 Å². The number of nitrogens with zero attached hydrogens (tertiary/aromatic N) is 1. The maximum atomic E-state index is 14.6. The Bertz CT molecular complexity index is 1520. The predicted octanol–water partition coefficient (Wildman–Crippen LogP) is 4.08. The minimum atomic E-state index is -1.24. The van der Waals surface area contributed by atoms with Gasteiger partial charge in [-0.05, 0) is 61.6 Å². The van der Waals surface area contributed by atoms with E-state index >= 15 is 0 Å². The van der Waals surface area contributed by atoms with Crippen molar-refractivity contribution in [2.75, 3.05) is 18.5 Å². The molecule has 3 N–H and O–H groups in total. The summed E-state index contributed by atoms with van der Waals surface area (Å²) in [6.45, 7) is 6.19. The molecule has 3 fully saturated rings. The van der Waals surface area contributed by atoms with Gasteiger partial charge in [0.15, 0.2) is 0 Å². The van der Waals surface area contributed by atoms with Gasteiger partial charge >= 0.3 is 0 Å². The minimum absolute atomic E-state index is 0.115. The average Bonchev–Trinajstić information content (AvgIpc) is 3.55. The zero-order chi connectivity index (χ0) is 31.1. The molecule has 0 aromatic heterocycles. The molecule has 9 nitrogen and oxygen atoms in total. The van der Waals surface area contributed by atoms with Gasteiger partial charge in [-0.3, -0.25) is 14.4 Å². The van der Waals surface area contributed by atoms with Gasteiger partial charge in [-0.25, -0.2) is 0 Å². The van der Waals surface area contributed by atoms with Crippen LogP contribution < -0.4 is 15.4 Å². The lowest BCUT2D eigenvalue weighted by Gasteiger charge is -2.37. The van der Waals surface area contributed by atoms with Crippen LogP contribution in [-0.2, 0) is 25.7 Å². The number of ether oxygens (including phenoxy) is 2. The van der Waals surface area contributed by atoms with Crippen LogP contribution in [0.4, 0.5) is 5.69 Å². The maximum absolute atomic E-state index is 14.6. The molecule has 230 valence electrons. The van der Waals surface area contributed by atoms with Crippen LogP contribution in [0.2, 0.25) is 0 Å². The SMILES string of the molecule is CCOc1ccc(NC(=O)[C@H]2[C@H]3C(=O)N([C@H](CO)c4ccccc4)C(C(=O)NCc4ccccc4)C34CC(C)[C@]2(C)O4)cc1. The summed E-state index contributed by atoms with van der Waals surface area (Å²) in [4.78, 5) is 44.5. The Morgan fingerprint density at radius 3 is 2.32 bits per heavy atom. The first kappa shape index (κ1) is 29.8. The van der Waals surface area contributed by atoms with Crippen LogP contribution in [0.3, 0.4) is 0 Å². The molecule has 3 saturated heterocycles. The molecule has 1 spiro atoms. The Kier molecular flexibility index (Phi) is 7.94. The molecule has 0 saturated carbocycles. The largest absolute Gasteiger partial charge is 0.494 e. The Balaban J connectivity index is 1.38. The van der Waals surface area contributed by atoms with Gasteiger partial charge in [-0.2, -0.15) is 0 Å². The number of aliphatic hydroxyl groups is 1.